The van der Waals surface area contributed by atoms with Crippen LogP contribution in [0.4, 0.5) is 0 Å². The first-order chi connectivity index (χ1) is 10.5. The van der Waals surface area contributed by atoms with E-state index in [2.05, 4.69) is 30.5 Å². The molecule has 1 aromatic carbocycles. The summed E-state index contributed by atoms with van der Waals surface area (Å²) >= 11 is 5.68. The van der Waals surface area contributed by atoms with Crippen molar-refractivity contribution in [2.45, 2.75) is 32.4 Å². The summed E-state index contributed by atoms with van der Waals surface area (Å²) in [5.74, 6) is 0.0420. The van der Waals surface area contributed by atoms with Crippen molar-refractivity contribution in [1.82, 2.24) is 4.90 Å². The van der Waals surface area contributed by atoms with E-state index in [1.54, 1.807) is 0 Å². The number of nitrogens with zero attached hydrogens (tertiary/aromatic N) is 2. The van der Waals surface area contributed by atoms with Gasteiger partial charge in [0.25, 0.3) is 0 Å². The Morgan fingerprint density at radius 1 is 1.45 bits per heavy atom. The Morgan fingerprint density at radius 2 is 2.14 bits per heavy atom. The van der Waals surface area contributed by atoms with Gasteiger partial charge in [0, 0.05) is 29.3 Å². The van der Waals surface area contributed by atoms with E-state index >= 15 is 0 Å². The van der Waals surface area contributed by atoms with E-state index in [4.69, 9.17) is 12.2 Å². The molecule has 0 aliphatic carbocycles. The highest BCUT2D eigenvalue weighted by Gasteiger charge is 2.39. The van der Waals surface area contributed by atoms with Gasteiger partial charge in [0.15, 0.2) is 0 Å². The zero-order chi connectivity index (χ0) is 16.1. The molecule has 1 aliphatic heterocycles. The number of piperidine rings is 1. The fourth-order valence-corrected chi connectivity index (χ4v) is 3.77. The molecule has 3 atom stereocenters. The predicted molar refractivity (Wildman–Crippen MR) is 92.3 cm³/mol. The van der Waals surface area contributed by atoms with Gasteiger partial charge in [-0.1, -0.05) is 48.6 Å². The highest BCUT2D eigenvalue weighted by atomic mass is 32.1. The summed E-state index contributed by atoms with van der Waals surface area (Å²) < 4.78 is 0. The van der Waals surface area contributed by atoms with Crippen molar-refractivity contribution in [1.29, 1.82) is 0 Å². The Morgan fingerprint density at radius 3 is 2.73 bits per heavy atom. The molecule has 1 fully saturated rings. The minimum Gasteiger partial charge on any atom is -0.359 e. The van der Waals surface area contributed by atoms with Crippen LogP contribution in [0.5, 0.6) is 0 Å². The average Bonchev–Trinajstić information content (AvgIpc) is 2.48. The molecule has 118 valence electrons. The average molecular weight is 318 g/mol. The smallest absolute Gasteiger partial charge is 0.207 e. The zero-order valence-corrected chi connectivity index (χ0v) is 13.7. The maximum atomic E-state index is 10.9. The summed E-state index contributed by atoms with van der Waals surface area (Å²) in [5, 5.41) is 10.9. The van der Waals surface area contributed by atoms with Gasteiger partial charge in [0.2, 0.25) is 6.54 Å². The summed E-state index contributed by atoms with van der Waals surface area (Å²) in [6.45, 7) is 6.64. The van der Waals surface area contributed by atoms with Crippen LogP contribution >= 0.6 is 12.2 Å². The molecular weight excluding hydrogens is 296 g/mol. The van der Waals surface area contributed by atoms with Gasteiger partial charge in [-0.15, -0.1) is 6.58 Å². The number of likely N-dealkylation sites (tertiary alicyclic amines) is 1. The molecule has 0 amide bonds. The van der Waals surface area contributed by atoms with Gasteiger partial charge in [0.1, 0.15) is 0 Å². The summed E-state index contributed by atoms with van der Waals surface area (Å²) in [6, 6.07) is 10.4. The maximum Gasteiger partial charge on any atom is 0.207 e. The van der Waals surface area contributed by atoms with Crippen molar-refractivity contribution in [3.8, 4) is 0 Å². The molecule has 2 rings (SSSR count). The Bertz CT molecular complexity index is 547. The second kappa shape index (κ2) is 7.49. The number of nitro groups is 1. The van der Waals surface area contributed by atoms with Crippen molar-refractivity contribution in [3.63, 3.8) is 0 Å². The molecule has 0 bridgehead atoms. The van der Waals surface area contributed by atoms with E-state index in [1.165, 1.54) is 5.56 Å². The summed E-state index contributed by atoms with van der Waals surface area (Å²) in [7, 11) is 0. The molecular formula is C17H22N2O2S. The molecule has 0 radical (unpaired) electrons. The Labute approximate surface area is 137 Å². The fourth-order valence-electron chi connectivity index (χ4n) is 3.24. The van der Waals surface area contributed by atoms with E-state index in [-0.39, 0.29) is 29.3 Å². The first-order valence-electron chi connectivity index (χ1n) is 7.60. The lowest BCUT2D eigenvalue weighted by atomic mass is 9.80. The molecule has 0 unspecified atom stereocenters. The molecule has 0 saturated carbocycles. The first kappa shape index (κ1) is 16.6. The molecule has 1 saturated heterocycles. The highest BCUT2D eigenvalue weighted by Crippen LogP contribution is 2.33. The van der Waals surface area contributed by atoms with E-state index in [0.29, 0.717) is 6.42 Å². The normalized spacial score (nSPS) is 25.0. The Kier molecular flexibility index (Phi) is 5.66. The van der Waals surface area contributed by atoms with Crippen LogP contribution in [0.15, 0.2) is 43.0 Å². The monoisotopic (exact) mass is 318 g/mol. The van der Waals surface area contributed by atoms with Crippen molar-refractivity contribution >= 4 is 17.2 Å². The Balaban J connectivity index is 2.17. The SMILES string of the molecule is C=CC[C@H]1C(=S)N(Cc2ccccc2)[C@@H](C)C[C@@H]1C[N+](=O)[O-]. The van der Waals surface area contributed by atoms with Gasteiger partial charge < -0.3 is 4.90 Å². The number of hydrogen-bond acceptors (Lipinski definition) is 3. The van der Waals surface area contributed by atoms with E-state index in [0.717, 1.165) is 18.0 Å². The molecule has 4 nitrogen and oxygen atoms in total. The molecule has 0 N–H and O–H groups in total. The Hall–Kier alpha value is -1.75. The third-order valence-corrected chi connectivity index (χ3v) is 4.88. The summed E-state index contributed by atoms with van der Waals surface area (Å²) in [6.07, 6.45) is 3.32. The molecule has 1 aromatic rings. The highest BCUT2D eigenvalue weighted by molar-refractivity contribution is 7.80. The molecule has 1 heterocycles. The van der Waals surface area contributed by atoms with Crippen LogP contribution in [0.3, 0.4) is 0 Å². The van der Waals surface area contributed by atoms with Crippen molar-refractivity contribution < 1.29 is 4.92 Å². The molecule has 1 aliphatic rings. The zero-order valence-electron chi connectivity index (χ0n) is 12.9. The third kappa shape index (κ3) is 3.91. The summed E-state index contributed by atoms with van der Waals surface area (Å²) in [5.41, 5.74) is 1.21. The lowest BCUT2D eigenvalue weighted by Crippen LogP contribution is -2.50. The van der Waals surface area contributed by atoms with Crippen LogP contribution in [0, 0.1) is 22.0 Å². The molecule has 0 spiro atoms. The number of thiocarbonyl (C=S) groups is 1. The van der Waals surface area contributed by atoms with E-state index in [1.807, 2.05) is 24.3 Å². The fraction of sp³-hybridized carbons (Fsp3) is 0.471. The number of rotatable bonds is 6. The van der Waals surface area contributed by atoms with Crippen LogP contribution in [-0.4, -0.2) is 27.4 Å². The molecule has 0 aromatic heterocycles. The van der Waals surface area contributed by atoms with E-state index in [9.17, 15) is 10.1 Å². The largest absolute Gasteiger partial charge is 0.359 e. The third-order valence-electron chi connectivity index (χ3n) is 4.35. The van der Waals surface area contributed by atoms with Gasteiger partial charge in [-0.25, -0.2) is 0 Å². The van der Waals surface area contributed by atoms with Crippen LogP contribution < -0.4 is 0 Å². The van der Waals surface area contributed by atoms with Crippen molar-refractivity contribution in [3.05, 3.63) is 58.7 Å². The van der Waals surface area contributed by atoms with Crippen LogP contribution in [0.25, 0.3) is 0 Å². The topological polar surface area (TPSA) is 46.4 Å². The summed E-state index contributed by atoms with van der Waals surface area (Å²) in [4.78, 5) is 13.8. The number of allylic oxidation sites excluding steroid dienone is 1. The number of hydrogen-bond donors (Lipinski definition) is 0. The minimum atomic E-state index is -0.219. The minimum absolute atomic E-state index is 0.00234. The predicted octanol–water partition coefficient (Wildman–Crippen LogP) is 3.69. The van der Waals surface area contributed by atoms with Gasteiger partial charge >= 0.3 is 0 Å². The van der Waals surface area contributed by atoms with Crippen molar-refractivity contribution in [2.75, 3.05) is 6.54 Å². The van der Waals surface area contributed by atoms with Crippen LogP contribution in [-0.2, 0) is 6.54 Å². The van der Waals surface area contributed by atoms with E-state index < -0.39 is 0 Å². The van der Waals surface area contributed by atoms with Crippen molar-refractivity contribution in [2.24, 2.45) is 11.8 Å². The lowest BCUT2D eigenvalue weighted by molar-refractivity contribution is -0.490. The number of benzene rings is 1. The second-order valence-electron chi connectivity index (χ2n) is 5.94. The van der Waals surface area contributed by atoms with Crippen LogP contribution in [0.2, 0.25) is 0 Å². The molecule has 5 heteroatoms. The van der Waals surface area contributed by atoms with Crippen LogP contribution in [0.1, 0.15) is 25.3 Å². The standard InChI is InChI=1S/C17H22N2O2S/c1-3-7-16-15(12-19(20)21)10-13(2)18(17(16)22)11-14-8-5-4-6-9-14/h3-6,8-9,13,15-16H,1,7,10-12H2,2H3/t13-,15+,16+/m0/s1. The van der Waals surface area contributed by atoms with Gasteiger partial charge in [-0.05, 0) is 25.3 Å². The molecule has 22 heavy (non-hydrogen) atoms. The van der Waals surface area contributed by atoms with Gasteiger partial charge in [-0.3, -0.25) is 10.1 Å². The lowest BCUT2D eigenvalue weighted by Gasteiger charge is -2.43. The maximum absolute atomic E-state index is 10.9. The van der Waals surface area contributed by atoms with Gasteiger partial charge in [0.05, 0.1) is 4.99 Å². The van der Waals surface area contributed by atoms with Gasteiger partial charge in [-0.2, -0.15) is 0 Å². The second-order valence-corrected chi connectivity index (χ2v) is 6.36. The first-order valence-corrected chi connectivity index (χ1v) is 8.00. The quantitative estimate of drug-likeness (QED) is 0.347.